The highest BCUT2D eigenvalue weighted by atomic mass is 15.4. The fourth-order valence-corrected chi connectivity index (χ4v) is 0.791. The Hall–Kier alpha value is -1.48. The monoisotopic (exact) mass is 149 g/mol. The molecule has 0 aliphatic carbocycles. The van der Waals surface area contributed by atoms with Crippen LogP contribution < -0.4 is 16.6 Å². The first-order valence-electron chi connectivity index (χ1n) is 3.26. The van der Waals surface area contributed by atoms with Crippen molar-refractivity contribution in [1.82, 2.24) is 0 Å². The van der Waals surface area contributed by atoms with Gasteiger partial charge in [-0.05, 0) is 18.2 Å². The highest BCUT2D eigenvalue weighted by molar-refractivity contribution is 5.56. The third-order valence-electron chi connectivity index (χ3n) is 1.37. The van der Waals surface area contributed by atoms with E-state index in [-0.39, 0.29) is 0 Å². The van der Waals surface area contributed by atoms with Gasteiger partial charge in [-0.3, -0.25) is 5.01 Å². The minimum atomic E-state index is 0.694. The molecule has 1 aromatic carbocycles. The minimum Gasteiger partial charge on any atom is -0.399 e. The van der Waals surface area contributed by atoms with Gasteiger partial charge in [0.2, 0.25) is 0 Å². The lowest BCUT2D eigenvalue weighted by molar-refractivity contribution is 1.08. The second kappa shape index (κ2) is 3.07. The van der Waals surface area contributed by atoms with Crippen LogP contribution in [0.2, 0.25) is 0 Å². The largest absolute Gasteiger partial charge is 0.399 e. The van der Waals surface area contributed by atoms with Gasteiger partial charge in [0.05, 0.1) is 5.69 Å². The Labute approximate surface area is 65.9 Å². The van der Waals surface area contributed by atoms with Crippen molar-refractivity contribution in [3.63, 3.8) is 0 Å². The minimum absolute atomic E-state index is 0.694. The van der Waals surface area contributed by atoms with E-state index in [1.807, 2.05) is 12.1 Å². The first-order valence-corrected chi connectivity index (χ1v) is 3.26. The Bertz CT molecular complexity index is 257. The molecule has 0 aromatic heterocycles. The van der Waals surface area contributed by atoms with Crippen LogP contribution in [-0.4, -0.2) is 0 Å². The molecule has 0 aliphatic heterocycles. The van der Waals surface area contributed by atoms with Crippen LogP contribution in [0.25, 0.3) is 0 Å². The predicted molar refractivity (Wildman–Crippen MR) is 47.7 cm³/mol. The van der Waals surface area contributed by atoms with Gasteiger partial charge in [0.15, 0.2) is 0 Å². The quantitative estimate of drug-likeness (QED) is 0.376. The number of benzene rings is 1. The number of nitrogens with two attached hydrogens (primary N) is 2. The molecule has 0 spiro atoms. The molecule has 11 heavy (non-hydrogen) atoms. The lowest BCUT2D eigenvalue weighted by Crippen LogP contribution is -2.23. The summed E-state index contributed by atoms with van der Waals surface area (Å²) < 4.78 is 0. The summed E-state index contributed by atoms with van der Waals surface area (Å²) in [5.41, 5.74) is 7.06. The van der Waals surface area contributed by atoms with E-state index in [1.54, 1.807) is 12.1 Å². The van der Waals surface area contributed by atoms with E-state index in [1.165, 1.54) is 11.2 Å². The van der Waals surface area contributed by atoms with Gasteiger partial charge in [0.1, 0.15) is 0 Å². The van der Waals surface area contributed by atoms with Crippen molar-refractivity contribution in [2.75, 3.05) is 10.7 Å². The van der Waals surface area contributed by atoms with Gasteiger partial charge in [-0.25, -0.2) is 5.84 Å². The molecule has 58 valence electrons. The number of nitrogen functional groups attached to an aromatic ring is 1. The topological polar surface area (TPSA) is 55.3 Å². The number of hydrogen-bond acceptors (Lipinski definition) is 3. The smallest absolute Gasteiger partial charge is 0.0588 e. The zero-order valence-electron chi connectivity index (χ0n) is 6.20. The molecule has 0 unspecified atom stereocenters. The second-order valence-corrected chi connectivity index (χ2v) is 2.18. The van der Waals surface area contributed by atoms with Crippen molar-refractivity contribution < 1.29 is 0 Å². The van der Waals surface area contributed by atoms with Crippen molar-refractivity contribution in [1.29, 1.82) is 0 Å². The fraction of sp³-hybridized carbons (Fsp3) is 0. The summed E-state index contributed by atoms with van der Waals surface area (Å²) >= 11 is 0. The van der Waals surface area contributed by atoms with Gasteiger partial charge >= 0.3 is 0 Å². The number of nitrogens with zero attached hydrogens (tertiary/aromatic N) is 1. The molecular formula is C8H11N3. The molecule has 0 amide bonds. The van der Waals surface area contributed by atoms with Crippen LogP contribution in [0, 0.1) is 0 Å². The van der Waals surface area contributed by atoms with Crippen LogP contribution in [0.15, 0.2) is 37.0 Å². The number of rotatable bonds is 2. The molecule has 0 atom stereocenters. The molecule has 0 saturated heterocycles. The molecule has 3 nitrogen and oxygen atoms in total. The van der Waals surface area contributed by atoms with Crippen LogP contribution >= 0.6 is 0 Å². The summed E-state index contributed by atoms with van der Waals surface area (Å²) in [6.07, 6.45) is 1.52. The molecule has 1 aromatic rings. The van der Waals surface area contributed by atoms with Crippen LogP contribution in [0.5, 0.6) is 0 Å². The summed E-state index contributed by atoms with van der Waals surface area (Å²) in [6, 6.07) is 7.29. The van der Waals surface area contributed by atoms with Gasteiger partial charge in [-0.1, -0.05) is 12.6 Å². The van der Waals surface area contributed by atoms with E-state index >= 15 is 0 Å². The summed E-state index contributed by atoms with van der Waals surface area (Å²) in [7, 11) is 0. The summed E-state index contributed by atoms with van der Waals surface area (Å²) in [6.45, 7) is 3.53. The molecule has 0 aliphatic rings. The highest BCUT2D eigenvalue weighted by Gasteiger charge is 1.94. The lowest BCUT2D eigenvalue weighted by Gasteiger charge is -2.12. The first-order chi connectivity index (χ1) is 5.24. The van der Waals surface area contributed by atoms with Crippen molar-refractivity contribution in [3.05, 3.63) is 37.0 Å². The Morgan fingerprint density at radius 3 is 2.73 bits per heavy atom. The van der Waals surface area contributed by atoms with Crippen LogP contribution in [0.1, 0.15) is 0 Å². The van der Waals surface area contributed by atoms with Crippen LogP contribution in [0.3, 0.4) is 0 Å². The Morgan fingerprint density at radius 2 is 2.18 bits per heavy atom. The molecule has 0 heterocycles. The molecule has 3 heteroatoms. The molecular weight excluding hydrogens is 138 g/mol. The van der Waals surface area contributed by atoms with Gasteiger partial charge < -0.3 is 5.73 Å². The van der Waals surface area contributed by atoms with E-state index < -0.39 is 0 Å². The Kier molecular flexibility index (Phi) is 2.13. The molecule has 1 rings (SSSR count). The molecule has 0 radical (unpaired) electrons. The van der Waals surface area contributed by atoms with Gasteiger partial charge in [0.25, 0.3) is 0 Å². The van der Waals surface area contributed by atoms with Crippen molar-refractivity contribution >= 4 is 11.4 Å². The maximum absolute atomic E-state index is 5.53. The molecule has 0 fully saturated rings. The first kappa shape index (κ1) is 7.63. The van der Waals surface area contributed by atoms with Crippen LogP contribution in [0.4, 0.5) is 11.4 Å². The van der Waals surface area contributed by atoms with Crippen molar-refractivity contribution in [2.45, 2.75) is 0 Å². The average Bonchev–Trinajstić information content (AvgIpc) is 2.03. The van der Waals surface area contributed by atoms with Crippen molar-refractivity contribution in [2.24, 2.45) is 5.84 Å². The summed E-state index contributed by atoms with van der Waals surface area (Å²) in [4.78, 5) is 0. The maximum Gasteiger partial charge on any atom is 0.0588 e. The van der Waals surface area contributed by atoms with E-state index in [9.17, 15) is 0 Å². The molecule has 4 N–H and O–H groups in total. The lowest BCUT2D eigenvalue weighted by atomic mass is 10.3. The van der Waals surface area contributed by atoms with E-state index in [0.717, 1.165) is 5.69 Å². The number of anilines is 2. The number of hydrazine groups is 1. The average molecular weight is 149 g/mol. The van der Waals surface area contributed by atoms with E-state index in [2.05, 4.69) is 6.58 Å². The normalized spacial score (nSPS) is 9.18. The zero-order chi connectivity index (χ0) is 8.27. The Morgan fingerprint density at radius 1 is 1.45 bits per heavy atom. The van der Waals surface area contributed by atoms with Crippen molar-refractivity contribution in [3.8, 4) is 0 Å². The highest BCUT2D eigenvalue weighted by Crippen LogP contribution is 2.14. The second-order valence-electron chi connectivity index (χ2n) is 2.18. The molecule has 0 saturated carbocycles. The van der Waals surface area contributed by atoms with Gasteiger partial charge in [0, 0.05) is 11.9 Å². The maximum atomic E-state index is 5.53. The number of hydrogen-bond donors (Lipinski definition) is 2. The third kappa shape index (κ3) is 1.72. The zero-order valence-corrected chi connectivity index (χ0v) is 6.20. The van der Waals surface area contributed by atoms with Crippen LogP contribution in [-0.2, 0) is 0 Å². The summed E-state index contributed by atoms with van der Waals surface area (Å²) in [5.74, 6) is 5.52. The predicted octanol–water partition coefficient (Wildman–Crippen LogP) is 1.09. The van der Waals surface area contributed by atoms with Gasteiger partial charge in [-0.15, -0.1) is 0 Å². The summed E-state index contributed by atoms with van der Waals surface area (Å²) in [5, 5.41) is 1.41. The van der Waals surface area contributed by atoms with E-state index in [0.29, 0.717) is 5.69 Å². The standard InChI is InChI=1S/C8H11N3/c1-2-11(10)8-5-3-4-7(9)6-8/h2-6H,1,9-10H2. The van der Waals surface area contributed by atoms with Gasteiger partial charge in [-0.2, -0.15) is 0 Å². The third-order valence-corrected chi connectivity index (χ3v) is 1.37. The molecule has 0 bridgehead atoms. The van der Waals surface area contributed by atoms with E-state index in [4.69, 9.17) is 11.6 Å². The Balaban J connectivity index is 2.95. The SMILES string of the molecule is C=CN(N)c1cccc(N)c1. The fourth-order valence-electron chi connectivity index (χ4n) is 0.791.